The van der Waals surface area contributed by atoms with Gasteiger partial charge in [-0.25, -0.2) is 4.39 Å². The Hall–Kier alpha value is -1.13. The van der Waals surface area contributed by atoms with Gasteiger partial charge in [0.25, 0.3) is 0 Å². The lowest BCUT2D eigenvalue weighted by Gasteiger charge is -2.10. The van der Waals surface area contributed by atoms with Crippen molar-refractivity contribution in [3.8, 4) is 5.75 Å². The van der Waals surface area contributed by atoms with Crippen molar-refractivity contribution >= 4 is 0 Å². The van der Waals surface area contributed by atoms with E-state index in [4.69, 9.17) is 15.6 Å². The van der Waals surface area contributed by atoms with E-state index in [-0.39, 0.29) is 12.4 Å². The largest absolute Gasteiger partial charge is 0.493 e. The average molecular weight is 213 g/mol. The van der Waals surface area contributed by atoms with Crippen molar-refractivity contribution in [2.75, 3.05) is 13.2 Å². The summed E-state index contributed by atoms with van der Waals surface area (Å²) < 4.78 is 18.2. The molecule has 0 fully saturated rings. The minimum absolute atomic E-state index is 0.228. The van der Waals surface area contributed by atoms with Crippen molar-refractivity contribution in [1.29, 1.82) is 0 Å². The van der Waals surface area contributed by atoms with Crippen LogP contribution in [-0.4, -0.2) is 24.4 Å². The van der Waals surface area contributed by atoms with Gasteiger partial charge in [0, 0.05) is 13.0 Å². The van der Waals surface area contributed by atoms with Crippen LogP contribution in [0.3, 0.4) is 0 Å². The molecular weight excluding hydrogens is 197 g/mol. The van der Waals surface area contributed by atoms with Crippen LogP contribution in [-0.2, 0) is 0 Å². The van der Waals surface area contributed by atoms with Gasteiger partial charge in [0.2, 0.25) is 0 Å². The minimum Gasteiger partial charge on any atom is -0.493 e. The maximum Gasteiger partial charge on any atom is 0.126 e. The summed E-state index contributed by atoms with van der Waals surface area (Å²) in [5.41, 5.74) is 5.79. The van der Waals surface area contributed by atoms with Gasteiger partial charge in [-0.2, -0.15) is 0 Å². The second kappa shape index (κ2) is 5.68. The number of benzene rings is 1. The molecule has 0 aliphatic rings. The van der Waals surface area contributed by atoms with E-state index in [1.807, 2.05) is 0 Å². The number of nitrogens with two attached hydrogens (primary N) is 1. The Kier molecular flexibility index (Phi) is 4.52. The van der Waals surface area contributed by atoms with Gasteiger partial charge in [0.15, 0.2) is 0 Å². The van der Waals surface area contributed by atoms with Gasteiger partial charge in [0.1, 0.15) is 11.6 Å². The van der Waals surface area contributed by atoms with E-state index in [2.05, 4.69) is 0 Å². The molecule has 3 nitrogen and oxygen atoms in total. The lowest BCUT2D eigenvalue weighted by Crippen LogP contribution is -2.21. The minimum atomic E-state index is -0.536. The molecule has 0 amide bonds. The second-order valence-electron chi connectivity index (χ2n) is 3.44. The molecule has 1 rings (SSSR count). The summed E-state index contributed by atoms with van der Waals surface area (Å²) in [4.78, 5) is 0. The van der Waals surface area contributed by atoms with Crippen molar-refractivity contribution < 1.29 is 14.2 Å². The van der Waals surface area contributed by atoms with Gasteiger partial charge < -0.3 is 15.6 Å². The molecule has 0 bridgehead atoms. The summed E-state index contributed by atoms with van der Waals surface area (Å²) in [6.45, 7) is 2.28. The predicted molar refractivity (Wildman–Crippen MR) is 56.3 cm³/mol. The highest BCUT2D eigenvalue weighted by Crippen LogP contribution is 2.16. The zero-order chi connectivity index (χ0) is 11.3. The van der Waals surface area contributed by atoms with Crippen molar-refractivity contribution in [3.05, 3.63) is 29.6 Å². The third-order valence-electron chi connectivity index (χ3n) is 2.12. The molecule has 0 aliphatic carbocycles. The van der Waals surface area contributed by atoms with Crippen molar-refractivity contribution in [1.82, 2.24) is 0 Å². The van der Waals surface area contributed by atoms with Crippen LogP contribution in [0.2, 0.25) is 0 Å². The summed E-state index contributed by atoms with van der Waals surface area (Å²) in [7, 11) is 0. The van der Waals surface area contributed by atoms with Crippen LogP contribution in [0.5, 0.6) is 5.75 Å². The fourth-order valence-electron chi connectivity index (χ4n) is 1.14. The van der Waals surface area contributed by atoms with E-state index in [1.54, 1.807) is 19.1 Å². The monoisotopic (exact) mass is 213 g/mol. The molecule has 15 heavy (non-hydrogen) atoms. The molecule has 1 unspecified atom stereocenters. The Balaban J connectivity index is 2.41. The SMILES string of the molecule is Cc1cc(OCCC(O)CN)ccc1F. The summed E-state index contributed by atoms with van der Waals surface area (Å²) >= 11 is 0. The van der Waals surface area contributed by atoms with Gasteiger partial charge in [-0.05, 0) is 30.7 Å². The fourth-order valence-corrected chi connectivity index (χ4v) is 1.14. The first kappa shape index (κ1) is 11.9. The van der Waals surface area contributed by atoms with Crippen LogP contribution in [0.4, 0.5) is 4.39 Å². The predicted octanol–water partition coefficient (Wildman–Crippen LogP) is 1.22. The first-order valence-corrected chi connectivity index (χ1v) is 4.90. The van der Waals surface area contributed by atoms with Gasteiger partial charge in [-0.15, -0.1) is 0 Å². The summed E-state index contributed by atoms with van der Waals surface area (Å²) in [5.74, 6) is 0.363. The van der Waals surface area contributed by atoms with Crippen LogP contribution >= 0.6 is 0 Å². The van der Waals surface area contributed by atoms with E-state index in [1.165, 1.54) is 6.07 Å². The highest BCUT2D eigenvalue weighted by atomic mass is 19.1. The van der Waals surface area contributed by atoms with Crippen LogP contribution in [0.1, 0.15) is 12.0 Å². The number of hydrogen-bond acceptors (Lipinski definition) is 3. The number of hydrogen-bond donors (Lipinski definition) is 2. The molecule has 84 valence electrons. The van der Waals surface area contributed by atoms with Crippen LogP contribution in [0.25, 0.3) is 0 Å². The van der Waals surface area contributed by atoms with Crippen molar-refractivity contribution in [2.45, 2.75) is 19.4 Å². The maximum absolute atomic E-state index is 12.9. The Morgan fingerprint density at radius 1 is 1.53 bits per heavy atom. The number of aliphatic hydroxyl groups is 1. The first-order valence-electron chi connectivity index (χ1n) is 4.90. The number of aryl methyl sites for hydroxylation is 1. The molecule has 0 heterocycles. The number of aliphatic hydroxyl groups excluding tert-OH is 1. The maximum atomic E-state index is 12.9. The summed E-state index contributed by atoms with van der Waals surface area (Å²) in [5, 5.41) is 9.17. The highest BCUT2D eigenvalue weighted by molar-refractivity contribution is 5.28. The number of halogens is 1. The normalized spacial score (nSPS) is 12.5. The molecule has 0 saturated carbocycles. The molecular formula is C11H16FNO2. The molecule has 3 N–H and O–H groups in total. The van der Waals surface area contributed by atoms with E-state index in [9.17, 15) is 4.39 Å². The third kappa shape index (κ3) is 3.85. The quantitative estimate of drug-likeness (QED) is 0.773. The number of ether oxygens (including phenoxy) is 1. The molecule has 0 aromatic heterocycles. The van der Waals surface area contributed by atoms with Crippen molar-refractivity contribution in [2.24, 2.45) is 5.73 Å². The first-order chi connectivity index (χ1) is 7.13. The lowest BCUT2D eigenvalue weighted by atomic mass is 10.2. The van der Waals surface area contributed by atoms with E-state index >= 15 is 0 Å². The zero-order valence-corrected chi connectivity index (χ0v) is 8.74. The van der Waals surface area contributed by atoms with E-state index in [0.717, 1.165) is 0 Å². The van der Waals surface area contributed by atoms with Gasteiger partial charge in [-0.3, -0.25) is 0 Å². The second-order valence-corrected chi connectivity index (χ2v) is 3.44. The highest BCUT2D eigenvalue weighted by Gasteiger charge is 2.02. The number of rotatable bonds is 5. The van der Waals surface area contributed by atoms with Crippen LogP contribution < -0.4 is 10.5 Å². The third-order valence-corrected chi connectivity index (χ3v) is 2.12. The van der Waals surface area contributed by atoms with Crippen LogP contribution in [0.15, 0.2) is 18.2 Å². The topological polar surface area (TPSA) is 55.5 Å². The lowest BCUT2D eigenvalue weighted by molar-refractivity contribution is 0.146. The Morgan fingerprint density at radius 3 is 2.87 bits per heavy atom. The van der Waals surface area contributed by atoms with Crippen LogP contribution in [0, 0.1) is 12.7 Å². The van der Waals surface area contributed by atoms with Gasteiger partial charge in [0.05, 0.1) is 12.7 Å². The standard InChI is InChI=1S/C11H16FNO2/c1-8-6-10(2-3-11(8)12)15-5-4-9(14)7-13/h2-3,6,9,14H,4-5,7,13H2,1H3. The molecule has 0 aliphatic heterocycles. The molecule has 4 heteroatoms. The smallest absolute Gasteiger partial charge is 0.126 e. The Labute approximate surface area is 88.7 Å². The van der Waals surface area contributed by atoms with Crippen molar-refractivity contribution in [3.63, 3.8) is 0 Å². The molecule has 1 aromatic carbocycles. The molecule has 1 aromatic rings. The van der Waals surface area contributed by atoms with E-state index in [0.29, 0.717) is 24.3 Å². The Bertz CT molecular complexity index is 317. The van der Waals surface area contributed by atoms with E-state index < -0.39 is 6.10 Å². The fraction of sp³-hybridized carbons (Fsp3) is 0.455. The molecule has 0 saturated heterocycles. The molecule has 0 spiro atoms. The summed E-state index contributed by atoms with van der Waals surface area (Å²) in [6.07, 6.45) is -0.0565. The van der Waals surface area contributed by atoms with Gasteiger partial charge >= 0.3 is 0 Å². The molecule has 0 radical (unpaired) electrons. The molecule has 1 atom stereocenters. The Morgan fingerprint density at radius 2 is 2.27 bits per heavy atom. The zero-order valence-electron chi connectivity index (χ0n) is 8.74. The summed E-state index contributed by atoms with van der Waals surface area (Å²) in [6, 6.07) is 4.56. The average Bonchev–Trinajstić information content (AvgIpc) is 2.23. The van der Waals surface area contributed by atoms with Gasteiger partial charge in [-0.1, -0.05) is 0 Å².